The summed E-state index contributed by atoms with van der Waals surface area (Å²) in [6.45, 7) is 13.4. The van der Waals surface area contributed by atoms with Crippen molar-refractivity contribution >= 4 is 12.1 Å². The van der Waals surface area contributed by atoms with E-state index in [2.05, 4.69) is 19.9 Å². The van der Waals surface area contributed by atoms with Crippen molar-refractivity contribution in [3.05, 3.63) is 179 Å². The van der Waals surface area contributed by atoms with E-state index in [1.54, 1.807) is 19.2 Å². The molecule has 0 aromatic heterocycles. The number of esters is 1. The fourth-order valence-electron chi connectivity index (χ4n) is 7.13. The zero-order chi connectivity index (χ0) is 43.3. The van der Waals surface area contributed by atoms with Gasteiger partial charge in [0.05, 0.1) is 7.11 Å². The van der Waals surface area contributed by atoms with E-state index in [0.717, 1.165) is 67.1 Å². The maximum absolute atomic E-state index is 13.0. The molecule has 0 N–H and O–H groups in total. The van der Waals surface area contributed by atoms with Crippen molar-refractivity contribution in [2.75, 3.05) is 7.11 Å². The van der Waals surface area contributed by atoms with Crippen LogP contribution in [-0.2, 0) is 10.2 Å². The summed E-state index contributed by atoms with van der Waals surface area (Å²) in [5.74, 6) is 4.58. The Morgan fingerprint density at radius 1 is 0.426 bits per heavy atom. The molecule has 0 radical (unpaired) electrons. The molecule has 308 valence electrons. The van der Waals surface area contributed by atoms with Gasteiger partial charge in [-0.05, 0) is 156 Å². The molecule has 0 aliphatic carbocycles. The zero-order valence-electron chi connectivity index (χ0n) is 35.6. The third-order valence-corrected chi connectivity index (χ3v) is 10.7. The Balaban J connectivity index is 0.939. The summed E-state index contributed by atoms with van der Waals surface area (Å²) in [5.41, 5.74) is 9.38. The number of hydrogen-bond donors (Lipinski definition) is 0. The highest BCUT2D eigenvalue weighted by Gasteiger charge is 2.25. The fourth-order valence-corrected chi connectivity index (χ4v) is 7.13. The molecule has 0 saturated carbocycles. The third kappa shape index (κ3) is 9.94. The van der Waals surface area contributed by atoms with Crippen molar-refractivity contribution in [3.63, 3.8) is 0 Å². The largest absolute Gasteiger partial charge is 0.519 e. The van der Waals surface area contributed by atoms with E-state index >= 15 is 0 Å². The third-order valence-electron chi connectivity index (χ3n) is 10.7. The second kappa shape index (κ2) is 17.9. The predicted molar refractivity (Wildman–Crippen MR) is 239 cm³/mol. The smallest absolute Gasteiger partial charge is 0.496 e. The minimum Gasteiger partial charge on any atom is -0.496 e. The predicted octanol–water partition coefficient (Wildman–Crippen LogP) is 13.7. The molecule has 8 nitrogen and oxygen atoms in total. The number of carbonyl (C=O) groups is 2. The molecular weight excluding hydrogens is 765 g/mol. The van der Waals surface area contributed by atoms with Crippen LogP contribution in [0.3, 0.4) is 0 Å². The highest BCUT2D eigenvalue weighted by atomic mass is 16.7. The van der Waals surface area contributed by atoms with E-state index in [0.29, 0.717) is 34.5 Å². The normalized spacial score (nSPS) is 11.1. The van der Waals surface area contributed by atoms with Gasteiger partial charge in [0.2, 0.25) is 0 Å². The molecule has 0 aliphatic rings. The Kier molecular flexibility index (Phi) is 12.3. The van der Waals surface area contributed by atoms with E-state index in [9.17, 15) is 9.59 Å². The van der Waals surface area contributed by atoms with Crippen LogP contribution < -0.4 is 28.4 Å². The molecule has 0 amide bonds. The van der Waals surface area contributed by atoms with E-state index in [1.807, 2.05) is 155 Å². The van der Waals surface area contributed by atoms with E-state index < -0.39 is 6.16 Å². The molecule has 0 saturated heterocycles. The molecule has 0 fully saturated rings. The standard InChI is InChI=1S/C53H48O8/c1-33-28-40(16-24-48(33)56-8)38-12-20-44(21-13-38)58-46-10-9-11-47(32-46)59-45-22-14-39(15-23-45)41-17-25-50(34(2)29-41)60-52(55)61-51-27-19-43(31-36(51)4)53(6,7)42-18-26-49(35(3)30-42)57-37(5)54/h9-32H,1-8H3. The number of rotatable bonds is 12. The minimum atomic E-state index is -0.823. The molecule has 0 unspecified atom stereocenters. The van der Waals surface area contributed by atoms with Gasteiger partial charge in [0, 0.05) is 18.4 Å². The average molecular weight is 813 g/mol. The van der Waals surface area contributed by atoms with Crippen LogP contribution in [0.1, 0.15) is 54.2 Å². The second-order valence-corrected chi connectivity index (χ2v) is 15.5. The van der Waals surface area contributed by atoms with Crippen molar-refractivity contribution in [3.8, 4) is 68.2 Å². The molecule has 0 bridgehead atoms. The quantitative estimate of drug-likeness (QED) is 0.0684. The molecule has 0 aliphatic heterocycles. The van der Waals surface area contributed by atoms with Gasteiger partial charge in [-0.1, -0.05) is 80.6 Å². The lowest BCUT2D eigenvalue weighted by Gasteiger charge is -2.27. The van der Waals surface area contributed by atoms with Gasteiger partial charge in [0.1, 0.15) is 46.0 Å². The Labute approximate surface area is 357 Å². The first-order chi connectivity index (χ1) is 29.2. The summed E-state index contributed by atoms with van der Waals surface area (Å²) in [4.78, 5) is 24.4. The van der Waals surface area contributed by atoms with Crippen LogP contribution >= 0.6 is 0 Å². The lowest BCUT2D eigenvalue weighted by atomic mass is 9.77. The first kappa shape index (κ1) is 41.8. The van der Waals surface area contributed by atoms with Gasteiger partial charge in [-0.25, -0.2) is 4.79 Å². The van der Waals surface area contributed by atoms with Crippen LogP contribution in [0.25, 0.3) is 22.3 Å². The Hall–Kier alpha value is -7.32. The first-order valence-corrected chi connectivity index (χ1v) is 20.0. The van der Waals surface area contributed by atoms with Gasteiger partial charge in [-0.2, -0.15) is 0 Å². The van der Waals surface area contributed by atoms with Crippen LogP contribution in [0.2, 0.25) is 0 Å². The van der Waals surface area contributed by atoms with E-state index in [-0.39, 0.29) is 11.4 Å². The number of benzene rings is 7. The molecule has 7 aromatic rings. The molecule has 8 heteroatoms. The molecule has 7 aromatic carbocycles. The fraction of sp³-hybridized carbons (Fsp3) is 0.170. The van der Waals surface area contributed by atoms with Crippen molar-refractivity contribution < 1.29 is 38.0 Å². The van der Waals surface area contributed by atoms with Crippen LogP contribution in [-0.4, -0.2) is 19.2 Å². The number of aryl methyl sites for hydroxylation is 4. The minimum absolute atomic E-state index is 0.355. The lowest BCUT2D eigenvalue weighted by molar-refractivity contribution is -0.131. The maximum atomic E-state index is 13.0. The van der Waals surface area contributed by atoms with E-state index in [4.69, 9.17) is 28.4 Å². The van der Waals surface area contributed by atoms with Crippen molar-refractivity contribution in [1.82, 2.24) is 0 Å². The summed E-state index contributed by atoms with van der Waals surface area (Å²) in [7, 11) is 1.68. The van der Waals surface area contributed by atoms with Gasteiger partial charge >= 0.3 is 12.1 Å². The summed E-state index contributed by atoms with van der Waals surface area (Å²) >= 11 is 0. The van der Waals surface area contributed by atoms with Crippen LogP contribution in [0.5, 0.6) is 46.0 Å². The highest BCUT2D eigenvalue weighted by Crippen LogP contribution is 2.37. The molecule has 61 heavy (non-hydrogen) atoms. The molecule has 0 atom stereocenters. The van der Waals surface area contributed by atoms with Crippen molar-refractivity contribution in [2.45, 2.75) is 53.9 Å². The Morgan fingerprint density at radius 3 is 1.23 bits per heavy atom. The zero-order valence-corrected chi connectivity index (χ0v) is 35.6. The van der Waals surface area contributed by atoms with Gasteiger partial charge in [0.25, 0.3) is 0 Å². The maximum Gasteiger partial charge on any atom is 0.519 e. The molecule has 0 spiro atoms. The van der Waals surface area contributed by atoms with Crippen molar-refractivity contribution in [1.29, 1.82) is 0 Å². The highest BCUT2D eigenvalue weighted by molar-refractivity contribution is 5.72. The Bertz CT molecular complexity index is 2710. The molecule has 7 rings (SSSR count). The van der Waals surface area contributed by atoms with Gasteiger partial charge in [-0.15, -0.1) is 0 Å². The van der Waals surface area contributed by atoms with Gasteiger partial charge in [0.15, 0.2) is 0 Å². The Morgan fingerprint density at radius 2 is 0.820 bits per heavy atom. The number of ether oxygens (including phenoxy) is 6. The van der Waals surface area contributed by atoms with E-state index in [1.165, 1.54) is 6.92 Å². The summed E-state index contributed by atoms with van der Waals surface area (Å²) in [5, 5.41) is 0. The summed E-state index contributed by atoms with van der Waals surface area (Å²) in [6, 6.07) is 46.6. The first-order valence-electron chi connectivity index (χ1n) is 20.0. The number of carbonyl (C=O) groups excluding carboxylic acids is 2. The lowest BCUT2D eigenvalue weighted by Crippen LogP contribution is -2.20. The number of methoxy groups -OCH3 is 1. The van der Waals surface area contributed by atoms with Gasteiger partial charge in [-0.3, -0.25) is 4.79 Å². The second-order valence-electron chi connectivity index (χ2n) is 15.5. The summed E-state index contributed by atoms with van der Waals surface area (Å²) < 4.78 is 34.4. The van der Waals surface area contributed by atoms with Crippen LogP contribution in [0.15, 0.2) is 146 Å². The summed E-state index contributed by atoms with van der Waals surface area (Å²) in [6.07, 6.45) is -0.823. The molecule has 0 heterocycles. The molecular formula is C53H48O8. The van der Waals surface area contributed by atoms with Gasteiger partial charge < -0.3 is 28.4 Å². The van der Waals surface area contributed by atoms with Crippen LogP contribution in [0, 0.1) is 27.7 Å². The SMILES string of the molecule is COc1ccc(-c2ccc(Oc3cccc(Oc4ccc(-c5ccc(OC(=O)Oc6ccc(C(C)(C)c7ccc(OC(C)=O)c(C)c7)cc6C)c(C)c5)cc4)c3)cc2)cc1C. The van der Waals surface area contributed by atoms with Crippen LogP contribution in [0.4, 0.5) is 4.79 Å². The number of hydrogen-bond acceptors (Lipinski definition) is 8. The average Bonchev–Trinajstić information content (AvgIpc) is 3.23. The van der Waals surface area contributed by atoms with Crippen molar-refractivity contribution in [2.24, 2.45) is 0 Å². The monoisotopic (exact) mass is 812 g/mol. The topological polar surface area (TPSA) is 89.5 Å².